The van der Waals surface area contributed by atoms with Gasteiger partial charge in [-0.1, -0.05) is 21.0 Å². The molecule has 0 fully saturated rings. The van der Waals surface area contributed by atoms with Crippen LogP contribution in [0, 0.1) is 0 Å². The Morgan fingerprint density at radius 2 is 2.12 bits per heavy atom. The number of hydrogen-bond donors (Lipinski definition) is 2. The molecule has 0 atom stereocenters. The van der Waals surface area contributed by atoms with E-state index in [1.807, 2.05) is 18.2 Å². The summed E-state index contributed by atoms with van der Waals surface area (Å²) in [6.07, 6.45) is 0. The number of rotatable bonds is 3. The summed E-state index contributed by atoms with van der Waals surface area (Å²) >= 11 is 6.79. The van der Waals surface area contributed by atoms with Crippen LogP contribution in [0.1, 0.15) is 5.89 Å². The molecule has 1 heterocycles. The van der Waals surface area contributed by atoms with Gasteiger partial charge in [0.25, 0.3) is 0 Å². The van der Waals surface area contributed by atoms with Crippen molar-refractivity contribution in [1.29, 1.82) is 0 Å². The fourth-order valence-corrected chi connectivity index (χ4v) is 2.24. The molecule has 7 heteroatoms. The zero-order chi connectivity index (χ0) is 11.5. The number of benzene rings is 1. The van der Waals surface area contributed by atoms with Gasteiger partial charge in [-0.25, -0.2) is 0 Å². The Balaban J connectivity index is 2.20. The predicted octanol–water partition coefficient (Wildman–Crippen LogP) is 2.80. The molecule has 0 bridgehead atoms. The molecule has 0 radical (unpaired) electrons. The lowest BCUT2D eigenvalue weighted by molar-refractivity contribution is 0.511. The van der Waals surface area contributed by atoms with E-state index in [2.05, 4.69) is 47.4 Å². The van der Waals surface area contributed by atoms with Crippen molar-refractivity contribution in [2.75, 3.05) is 5.32 Å². The first-order valence-electron chi connectivity index (χ1n) is 4.43. The molecule has 3 N–H and O–H groups in total. The van der Waals surface area contributed by atoms with E-state index in [0.717, 1.165) is 14.6 Å². The van der Waals surface area contributed by atoms with Crippen molar-refractivity contribution in [3.63, 3.8) is 0 Å². The number of nitrogens with zero attached hydrogens (tertiary/aromatic N) is 2. The highest BCUT2D eigenvalue weighted by atomic mass is 79.9. The summed E-state index contributed by atoms with van der Waals surface area (Å²) in [5, 5.41) is 10.5. The number of halogens is 2. The van der Waals surface area contributed by atoms with E-state index in [1.54, 1.807) is 0 Å². The highest BCUT2D eigenvalue weighted by Crippen LogP contribution is 2.28. The Bertz CT molecular complexity index is 500. The second-order valence-corrected chi connectivity index (χ2v) is 4.72. The molecule has 84 valence electrons. The molecule has 0 amide bonds. The van der Waals surface area contributed by atoms with E-state index < -0.39 is 0 Å². The van der Waals surface area contributed by atoms with Crippen LogP contribution >= 0.6 is 31.9 Å². The van der Waals surface area contributed by atoms with Crippen LogP contribution in [0.5, 0.6) is 0 Å². The quantitative estimate of drug-likeness (QED) is 0.892. The third-order valence-electron chi connectivity index (χ3n) is 1.81. The maximum absolute atomic E-state index is 5.37. The molecule has 1 aromatic carbocycles. The Kier molecular flexibility index (Phi) is 3.57. The summed E-state index contributed by atoms with van der Waals surface area (Å²) in [5.41, 5.74) is 6.21. The van der Waals surface area contributed by atoms with Gasteiger partial charge in [-0.3, -0.25) is 0 Å². The van der Waals surface area contributed by atoms with Crippen LogP contribution in [-0.2, 0) is 6.54 Å². The van der Waals surface area contributed by atoms with Crippen LogP contribution in [0.15, 0.2) is 31.6 Å². The largest absolute Gasteiger partial charge is 0.406 e. The van der Waals surface area contributed by atoms with Crippen LogP contribution in [0.3, 0.4) is 0 Å². The van der Waals surface area contributed by atoms with Crippen molar-refractivity contribution in [2.45, 2.75) is 6.54 Å². The molecule has 16 heavy (non-hydrogen) atoms. The molecule has 0 unspecified atom stereocenters. The number of aromatic nitrogens is 2. The third-order valence-corrected chi connectivity index (χ3v) is 2.96. The minimum Gasteiger partial charge on any atom is -0.406 e. The van der Waals surface area contributed by atoms with E-state index in [1.165, 1.54) is 0 Å². The second-order valence-electron chi connectivity index (χ2n) is 2.95. The lowest BCUT2D eigenvalue weighted by Gasteiger charge is -2.04. The molecular formula is C9H8Br2N4O. The van der Waals surface area contributed by atoms with Crippen LogP contribution in [-0.4, -0.2) is 10.2 Å². The van der Waals surface area contributed by atoms with Crippen LogP contribution < -0.4 is 11.1 Å². The van der Waals surface area contributed by atoms with Crippen molar-refractivity contribution in [3.05, 3.63) is 33.0 Å². The Morgan fingerprint density at radius 3 is 2.75 bits per heavy atom. The number of hydrogen-bond acceptors (Lipinski definition) is 5. The van der Waals surface area contributed by atoms with Gasteiger partial charge in [0.15, 0.2) is 0 Å². The first kappa shape index (κ1) is 11.6. The van der Waals surface area contributed by atoms with Crippen molar-refractivity contribution in [1.82, 2.24) is 10.2 Å². The molecule has 0 saturated carbocycles. The zero-order valence-electron chi connectivity index (χ0n) is 8.08. The summed E-state index contributed by atoms with van der Waals surface area (Å²) in [6, 6.07) is 6.04. The summed E-state index contributed by atoms with van der Waals surface area (Å²) in [7, 11) is 0. The topological polar surface area (TPSA) is 77.0 Å². The highest BCUT2D eigenvalue weighted by molar-refractivity contribution is 9.11. The van der Waals surface area contributed by atoms with Gasteiger partial charge in [0.05, 0.1) is 12.2 Å². The van der Waals surface area contributed by atoms with Gasteiger partial charge in [0.1, 0.15) is 0 Å². The third kappa shape index (κ3) is 2.60. The average Bonchev–Trinajstić information content (AvgIpc) is 2.70. The van der Waals surface area contributed by atoms with Gasteiger partial charge < -0.3 is 15.5 Å². The zero-order valence-corrected chi connectivity index (χ0v) is 11.2. The lowest BCUT2D eigenvalue weighted by Crippen LogP contribution is -1.95. The van der Waals surface area contributed by atoms with E-state index in [4.69, 9.17) is 10.2 Å². The number of nitrogens with two attached hydrogens (primary N) is 1. The van der Waals surface area contributed by atoms with Gasteiger partial charge in [0.2, 0.25) is 5.89 Å². The molecule has 1 aromatic heterocycles. The van der Waals surface area contributed by atoms with E-state index in [0.29, 0.717) is 11.9 Å². The molecule has 5 nitrogen and oxygen atoms in total. The fraction of sp³-hybridized carbons (Fsp3) is 0.111. The fourth-order valence-electron chi connectivity index (χ4n) is 1.09. The lowest BCUT2D eigenvalue weighted by atomic mass is 10.3. The number of anilines is 2. The van der Waals surface area contributed by atoms with Crippen molar-refractivity contribution in [3.8, 4) is 0 Å². The predicted molar refractivity (Wildman–Crippen MR) is 67.3 cm³/mol. The first-order valence-corrected chi connectivity index (χ1v) is 6.02. The minimum absolute atomic E-state index is 0.232. The molecule has 0 aliphatic heterocycles. The SMILES string of the molecule is NCc1nnc(Nc2ccc(Br)cc2Br)o1. The van der Waals surface area contributed by atoms with Gasteiger partial charge in [-0.15, -0.1) is 5.10 Å². The Hall–Kier alpha value is -0.920. The molecule has 2 aromatic rings. The number of nitrogens with one attached hydrogen (secondary N) is 1. The molecule has 0 aliphatic rings. The van der Waals surface area contributed by atoms with Gasteiger partial charge in [-0.05, 0) is 34.1 Å². The van der Waals surface area contributed by atoms with E-state index >= 15 is 0 Å². The standard InChI is InChI=1S/C9H8Br2N4O/c10-5-1-2-7(6(11)3-5)13-9-15-14-8(4-12)16-9/h1-3H,4,12H2,(H,13,15). The summed E-state index contributed by atoms with van der Waals surface area (Å²) < 4.78 is 7.11. The van der Waals surface area contributed by atoms with Gasteiger partial charge in [-0.2, -0.15) is 0 Å². The molecular weight excluding hydrogens is 340 g/mol. The molecule has 0 aliphatic carbocycles. The van der Waals surface area contributed by atoms with Crippen LogP contribution in [0.4, 0.5) is 11.7 Å². The maximum atomic E-state index is 5.37. The monoisotopic (exact) mass is 346 g/mol. The van der Waals surface area contributed by atoms with Crippen molar-refractivity contribution in [2.24, 2.45) is 5.73 Å². The molecule has 0 saturated heterocycles. The minimum atomic E-state index is 0.232. The van der Waals surface area contributed by atoms with Crippen molar-refractivity contribution < 1.29 is 4.42 Å². The summed E-state index contributed by atoms with van der Waals surface area (Å²) in [5.74, 6) is 0.399. The summed E-state index contributed by atoms with van der Waals surface area (Å²) in [4.78, 5) is 0. The van der Waals surface area contributed by atoms with Crippen LogP contribution in [0.25, 0.3) is 0 Å². The average molecular weight is 348 g/mol. The van der Waals surface area contributed by atoms with Gasteiger partial charge in [0, 0.05) is 8.95 Å². The van der Waals surface area contributed by atoms with Crippen LogP contribution in [0.2, 0.25) is 0 Å². The Morgan fingerprint density at radius 1 is 1.31 bits per heavy atom. The maximum Gasteiger partial charge on any atom is 0.320 e. The molecule has 0 spiro atoms. The van der Waals surface area contributed by atoms with Gasteiger partial charge >= 0.3 is 6.01 Å². The Labute approximate surface area is 109 Å². The van der Waals surface area contributed by atoms with E-state index in [9.17, 15) is 0 Å². The second kappa shape index (κ2) is 4.94. The molecule has 2 rings (SSSR count). The summed E-state index contributed by atoms with van der Waals surface area (Å²) in [6.45, 7) is 0.232. The smallest absolute Gasteiger partial charge is 0.320 e. The van der Waals surface area contributed by atoms with Crippen molar-refractivity contribution >= 4 is 43.6 Å². The first-order chi connectivity index (χ1) is 7.69. The highest BCUT2D eigenvalue weighted by Gasteiger charge is 2.06. The normalized spacial score (nSPS) is 10.4. The van der Waals surface area contributed by atoms with E-state index in [-0.39, 0.29) is 6.54 Å².